The lowest BCUT2D eigenvalue weighted by Gasteiger charge is -2.09. The average molecular weight is 797 g/mol. The third-order valence-electron chi connectivity index (χ3n) is 8.25. The van der Waals surface area contributed by atoms with E-state index in [2.05, 4.69) is 6.92 Å². The van der Waals surface area contributed by atoms with Gasteiger partial charge in [0.05, 0.1) is 126 Å². The number of aliphatic carboxylic acids is 1. The normalized spacial score (nSPS) is 11.4. The molecule has 0 amide bonds. The van der Waals surface area contributed by atoms with E-state index in [9.17, 15) is 9.59 Å². The van der Waals surface area contributed by atoms with Gasteiger partial charge >= 0.3 is 11.9 Å². The second kappa shape index (κ2) is 48.7. The Morgan fingerprint density at radius 1 is 0.309 bits per heavy atom. The highest BCUT2D eigenvalue weighted by Crippen LogP contribution is 2.12. The van der Waals surface area contributed by atoms with Crippen molar-refractivity contribution >= 4 is 11.9 Å². The van der Waals surface area contributed by atoms with E-state index in [1.54, 1.807) is 0 Å². The van der Waals surface area contributed by atoms with Crippen molar-refractivity contribution in [3.8, 4) is 0 Å². The molecule has 14 nitrogen and oxygen atoms in total. The van der Waals surface area contributed by atoms with Gasteiger partial charge in [0, 0.05) is 19.4 Å². The van der Waals surface area contributed by atoms with Crippen molar-refractivity contribution in [2.45, 2.75) is 116 Å². The Labute approximate surface area is 333 Å². The number of carboxylic acid groups (broad SMARTS) is 1. The highest BCUT2D eigenvalue weighted by molar-refractivity contribution is 5.69. The second-order valence-corrected chi connectivity index (χ2v) is 13.2. The minimum atomic E-state index is -0.861. The molecular formula is C41H80O14. The molecule has 0 aromatic heterocycles. The van der Waals surface area contributed by atoms with Crippen LogP contribution in [0.3, 0.4) is 0 Å². The fraction of sp³-hybridized carbons (Fsp3) is 0.951. The SMILES string of the molecule is CCCCCCCCCCCCCCCOCCOCCOCCOCCOCCOCCOCCOCCOCCOCCOC(=O)CCCCC(=O)O. The average Bonchev–Trinajstić information content (AvgIpc) is 3.18. The molecule has 0 aliphatic heterocycles. The van der Waals surface area contributed by atoms with Crippen molar-refractivity contribution in [2.75, 3.05) is 139 Å². The number of rotatable bonds is 49. The summed E-state index contributed by atoms with van der Waals surface area (Å²) in [4.78, 5) is 21.9. The fourth-order valence-corrected chi connectivity index (χ4v) is 5.14. The van der Waals surface area contributed by atoms with Gasteiger partial charge in [-0.15, -0.1) is 0 Å². The zero-order chi connectivity index (χ0) is 39.8. The first-order valence-corrected chi connectivity index (χ1v) is 21.3. The van der Waals surface area contributed by atoms with Crippen LogP contribution in [-0.4, -0.2) is 156 Å². The molecule has 328 valence electrons. The maximum absolute atomic E-state index is 11.5. The molecule has 0 fully saturated rings. The third-order valence-corrected chi connectivity index (χ3v) is 8.25. The van der Waals surface area contributed by atoms with Gasteiger partial charge in [-0.1, -0.05) is 84.0 Å². The molecule has 14 heteroatoms. The molecule has 0 atom stereocenters. The topological polar surface area (TPSA) is 156 Å². The number of carbonyl (C=O) groups excluding carboxylic acids is 1. The molecule has 0 bridgehead atoms. The summed E-state index contributed by atoms with van der Waals surface area (Å²) in [6.45, 7) is 12.6. The highest BCUT2D eigenvalue weighted by atomic mass is 16.6. The lowest BCUT2D eigenvalue weighted by molar-refractivity contribution is -0.146. The van der Waals surface area contributed by atoms with Gasteiger partial charge in [0.1, 0.15) is 6.61 Å². The summed E-state index contributed by atoms with van der Waals surface area (Å²) in [5.41, 5.74) is 0. The number of hydrogen-bond acceptors (Lipinski definition) is 13. The van der Waals surface area contributed by atoms with Crippen molar-refractivity contribution in [1.29, 1.82) is 0 Å². The smallest absolute Gasteiger partial charge is 0.305 e. The summed E-state index contributed by atoms with van der Waals surface area (Å²) < 4.78 is 60.0. The first-order valence-electron chi connectivity index (χ1n) is 21.3. The maximum atomic E-state index is 11.5. The molecule has 1 N–H and O–H groups in total. The van der Waals surface area contributed by atoms with Crippen LogP contribution in [0.4, 0.5) is 0 Å². The van der Waals surface area contributed by atoms with E-state index in [1.807, 2.05) is 0 Å². The fourth-order valence-electron chi connectivity index (χ4n) is 5.14. The Balaban J connectivity index is 3.09. The number of esters is 1. The molecule has 0 saturated carbocycles. The Morgan fingerprint density at radius 2 is 0.564 bits per heavy atom. The van der Waals surface area contributed by atoms with Crippen molar-refractivity contribution in [1.82, 2.24) is 0 Å². The Kier molecular flexibility index (Phi) is 47.4. The van der Waals surface area contributed by atoms with Gasteiger partial charge in [-0.2, -0.15) is 0 Å². The minimum absolute atomic E-state index is 0.0620. The Bertz CT molecular complexity index is 761. The lowest BCUT2D eigenvalue weighted by atomic mass is 10.0. The van der Waals surface area contributed by atoms with Gasteiger partial charge < -0.3 is 57.2 Å². The van der Waals surface area contributed by atoms with Crippen LogP contribution in [0.5, 0.6) is 0 Å². The summed E-state index contributed by atoms with van der Waals surface area (Å²) in [5.74, 6) is -1.20. The molecule has 0 heterocycles. The van der Waals surface area contributed by atoms with Gasteiger partial charge in [0.25, 0.3) is 0 Å². The largest absolute Gasteiger partial charge is 0.481 e. The van der Waals surface area contributed by atoms with Gasteiger partial charge in [-0.3, -0.25) is 9.59 Å². The predicted octanol–water partition coefficient (Wildman–Crippen LogP) is 6.43. The van der Waals surface area contributed by atoms with E-state index >= 15 is 0 Å². The van der Waals surface area contributed by atoms with E-state index in [1.165, 1.54) is 77.0 Å². The van der Waals surface area contributed by atoms with Crippen molar-refractivity contribution in [3.05, 3.63) is 0 Å². The number of ether oxygens (including phenoxy) is 11. The maximum Gasteiger partial charge on any atom is 0.305 e. The molecule has 0 radical (unpaired) electrons. The van der Waals surface area contributed by atoms with Crippen LogP contribution in [0, 0.1) is 0 Å². The highest BCUT2D eigenvalue weighted by Gasteiger charge is 2.04. The van der Waals surface area contributed by atoms with E-state index in [-0.39, 0.29) is 32.0 Å². The number of hydrogen-bond donors (Lipinski definition) is 1. The lowest BCUT2D eigenvalue weighted by Crippen LogP contribution is -2.15. The van der Waals surface area contributed by atoms with E-state index < -0.39 is 5.97 Å². The first kappa shape index (κ1) is 53.5. The molecule has 0 aliphatic rings. The van der Waals surface area contributed by atoms with E-state index in [0.29, 0.717) is 132 Å². The number of unbranched alkanes of at least 4 members (excludes halogenated alkanes) is 13. The number of carboxylic acids is 1. The molecule has 0 unspecified atom stereocenters. The summed E-state index contributed by atoms with van der Waals surface area (Å²) >= 11 is 0. The van der Waals surface area contributed by atoms with Gasteiger partial charge in [0.2, 0.25) is 0 Å². The Morgan fingerprint density at radius 3 is 0.873 bits per heavy atom. The molecular weight excluding hydrogens is 716 g/mol. The van der Waals surface area contributed by atoms with Crippen LogP contribution < -0.4 is 0 Å². The van der Waals surface area contributed by atoms with Crippen molar-refractivity contribution < 1.29 is 66.8 Å². The van der Waals surface area contributed by atoms with Crippen LogP contribution in [0.25, 0.3) is 0 Å². The first-order chi connectivity index (χ1) is 27.2. The number of carbonyl (C=O) groups is 2. The predicted molar refractivity (Wildman–Crippen MR) is 211 cm³/mol. The molecule has 0 aromatic carbocycles. The monoisotopic (exact) mass is 797 g/mol. The van der Waals surface area contributed by atoms with Gasteiger partial charge in [0.15, 0.2) is 0 Å². The van der Waals surface area contributed by atoms with Crippen LogP contribution >= 0.6 is 0 Å². The molecule has 0 spiro atoms. The van der Waals surface area contributed by atoms with E-state index in [4.69, 9.17) is 57.2 Å². The van der Waals surface area contributed by atoms with Gasteiger partial charge in [-0.05, 0) is 19.3 Å². The second-order valence-electron chi connectivity index (χ2n) is 13.2. The summed E-state index contributed by atoms with van der Waals surface area (Å²) in [7, 11) is 0. The molecule has 0 aromatic rings. The van der Waals surface area contributed by atoms with Crippen LogP contribution in [0.2, 0.25) is 0 Å². The zero-order valence-electron chi connectivity index (χ0n) is 34.6. The minimum Gasteiger partial charge on any atom is -0.481 e. The summed E-state index contributed by atoms with van der Waals surface area (Å²) in [6, 6.07) is 0. The molecule has 55 heavy (non-hydrogen) atoms. The van der Waals surface area contributed by atoms with Crippen LogP contribution in [0.15, 0.2) is 0 Å². The molecule has 0 aliphatic carbocycles. The summed E-state index contributed by atoms with van der Waals surface area (Å²) in [5, 5.41) is 8.56. The Hall–Kier alpha value is -1.46. The molecule has 0 saturated heterocycles. The quantitative estimate of drug-likeness (QED) is 0.0531. The van der Waals surface area contributed by atoms with Crippen molar-refractivity contribution in [3.63, 3.8) is 0 Å². The van der Waals surface area contributed by atoms with Crippen LogP contribution in [0.1, 0.15) is 116 Å². The zero-order valence-corrected chi connectivity index (χ0v) is 34.6. The standard InChI is InChI=1S/C41H80O14/c1-2-3-4-5-6-7-8-9-10-11-12-13-16-19-45-20-21-46-22-23-47-24-25-48-26-27-49-28-29-50-30-31-51-32-33-52-34-35-53-36-37-54-38-39-55-41(44)18-15-14-17-40(42)43/h2-39H2,1H3,(H,42,43). The third kappa shape index (κ3) is 50.5. The van der Waals surface area contributed by atoms with Gasteiger partial charge in [-0.25, -0.2) is 0 Å². The molecule has 0 rings (SSSR count). The summed E-state index contributed by atoms with van der Waals surface area (Å²) in [6.07, 6.45) is 19.0. The van der Waals surface area contributed by atoms with E-state index in [0.717, 1.165) is 13.0 Å². The van der Waals surface area contributed by atoms with Crippen molar-refractivity contribution in [2.24, 2.45) is 0 Å². The van der Waals surface area contributed by atoms with Crippen LogP contribution in [-0.2, 0) is 61.7 Å².